The zero-order valence-electron chi connectivity index (χ0n) is 46.1. The van der Waals surface area contributed by atoms with Crippen LogP contribution in [0.5, 0.6) is 0 Å². The van der Waals surface area contributed by atoms with Gasteiger partial charge in [-0.3, -0.25) is 9.36 Å². The quantitative estimate of drug-likeness (QED) is 0.0272. The molecule has 0 aliphatic carbocycles. The molecule has 0 aliphatic heterocycles. The number of aliphatic hydroxyl groups is 1. The van der Waals surface area contributed by atoms with Gasteiger partial charge in [0.25, 0.3) is 7.82 Å². The second-order valence-electron chi connectivity index (χ2n) is 21.7. The smallest absolute Gasteiger partial charge is 0.268 e. The molecule has 0 heterocycles. The molecule has 0 rings (SSSR count). The van der Waals surface area contributed by atoms with Gasteiger partial charge in [-0.25, -0.2) is 0 Å². The van der Waals surface area contributed by atoms with Crippen molar-refractivity contribution in [2.24, 2.45) is 0 Å². The summed E-state index contributed by atoms with van der Waals surface area (Å²) in [5.74, 6) is -0.192. The van der Waals surface area contributed by atoms with Crippen molar-refractivity contribution in [1.82, 2.24) is 5.32 Å². The second kappa shape index (κ2) is 50.9. The summed E-state index contributed by atoms with van der Waals surface area (Å²) >= 11 is 0. The van der Waals surface area contributed by atoms with Crippen molar-refractivity contribution in [2.75, 3.05) is 40.9 Å². The van der Waals surface area contributed by atoms with Crippen molar-refractivity contribution in [1.29, 1.82) is 0 Å². The van der Waals surface area contributed by atoms with Gasteiger partial charge in [0, 0.05) is 6.42 Å². The molecule has 8 nitrogen and oxygen atoms in total. The molecule has 0 saturated carbocycles. The Hall–Kier alpha value is -1.02. The highest BCUT2D eigenvalue weighted by Crippen LogP contribution is 2.38. The minimum Gasteiger partial charge on any atom is -0.756 e. The van der Waals surface area contributed by atoms with Crippen LogP contribution in [0.15, 0.2) is 24.3 Å². The lowest BCUT2D eigenvalue weighted by atomic mass is 10.0. The molecule has 0 aromatic heterocycles. The number of hydrogen-bond donors (Lipinski definition) is 2. The molecule has 9 heteroatoms. The van der Waals surface area contributed by atoms with Crippen molar-refractivity contribution >= 4 is 13.7 Å². The first-order valence-electron chi connectivity index (χ1n) is 29.7. The Labute approximate surface area is 424 Å². The van der Waals surface area contributed by atoms with Gasteiger partial charge in [-0.2, -0.15) is 0 Å². The average molecular weight is 982 g/mol. The van der Waals surface area contributed by atoms with Crippen LogP contribution in [0, 0.1) is 0 Å². The molecule has 1 amide bonds. The fraction of sp³-hybridized carbons (Fsp3) is 0.915. The van der Waals surface area contributed by atoms with Gasteiger partial charge >= 0.3 is 0 Å². The number of hydrogen-bond acceptors (Lipinski definition) is 6. The van der Waals surface area contributed by atoms with Crippen LogP contribution < -0.4 is 10.2 Å². The highest BCUT2D eigenvalue weighted by molar-refractivity contribution is 7.45. The molecule has 0 spiro atoms. The van der Waals surface area contributed by atoms with Crippen LogP contribution in [-0.2, 0) is 18.4 Å². The number of phosphoric acid groups is 1. The zero-order chi connectivity index (χ0) is 49.9. The second-order valence-corrected chi connectivity index (χ2v) is 23.1. The predicted octanol–water partition coefficient (Wildman–Crippen LogP) is 17.4. The maximum absolute atomic E-state index is 12.9. The molecule has 3 unspecified atom stereocenters. The number of aliphatic hydroxyl groups excluding tert-OH is 1. The van der Waals surface area contributed by atoms with E-state index in [2.05, 4.69) is 31.3 Å². The highest BCUT2D eigenvalue weighted by Gasteiger charge is 2.23. The lowest BCUT2D eigenvalue weighted by molar-refractivity contribution is -0.870. The number of carbonyl (C=O) groups is 1. The van der Waals surface area contributed by atoms with Crippen LogP contribution in [0.3, 0.4) is 0 Å². The minimum atomic E-state index is -4.59. The predicted molar refractivity (Wildman–Crippen MR) is 293 cm³/mol. The van der Waals surface area contributed by atoms with E-state index in [1.165, 1.54) is 238 Å². The molecular weight excluding hydrogens is 864 g/mol. The van der Waals surface area contributed by atoms with E-state index < -0.39 is 20.0 Å². The summed E-state index contributed by atoms with van der Waals surface area (Å²) in [5.41, 5.74) is 0. The van der Waals surface area contributed by atoms with Gasteiger partial charge in [0.2, 0.25) is 5.91 Å². The first-order chi connectivity index (χ1) is 33.0. The Balaban J connectivity index is 3.96. The molecular formula is C59H117N2O6P. The molecule has 0 saturated heterocycles. The van der Waals surface area contributed by atoms with Crippen LogP contribution in [0.2, 0.25) is 0 Å². The van der Waals surface area contributed by atoms with Crippen molar-refractivity contribution in [3.05, 3.63) is 24.3 Å². The summed E-state index contributed by atoms with van der Waals surface area (Å²) in [4.78, 5) is 25.4. The third kappa shape index (κ3) is 52.8. The van der Waals surface area contributed by atoms with Crippen molar-refractivity contribution in [3.8, 4) is 0 Å². The third-order valence-corrected chi connectivity index (χ3v) is 14.6. The van der Waals surface area contributed by atoms with Gasteiger partial charge in [-0.15, -0.1) is 0 Å². The Morgan fingerprint density at radius 1 is 0.500 bits per heavy atom. The number of rotatable bonds is 55. The summed E-state index contributed by atoms with van der Waals surface area (Å²) < 4.78 is 23.3. The van der Waals surface area contributed by atoms with E-state index in [-0.39, 0.29) is 19.1 Å². The molecule has 3 atom stereocenters. The maximum atomic E-state index is 12.9. The topological polar surface area (TPSA) is 108 Å². The number of phosphoric ester groups is 1. The van der Waals surface area contributed by atoms with E-state index >= 15 is 0 Å². The number of allylic oxidation sites excluding steroid dienone is 3. The van der Waals surface area contributed by atoms with Crippen molar-refractivity contribution in [2.45, 2.75) is 309 Å². The number of unbranched alkanes of at least 4 members (excludes halogenated alkanes) is 40. The normalized spacial score (nSPS) is 14.0. The molecule has 0 bridgehead atoms. The van der Waals surface area contributed by atoms with Gasteiger partial charge in [-0.1, -0.05) is 269 Å². The fourth-order valence-electron chi connectivity index (χ4n) is 8.97. The number of nitrogens with zero attached hydrogens (tertiary/aromatic N) is 1. The molecule has 0 aromatic carbocycles. The minimum absolute atomic E-state index is 0.00148. The largest absolute Gasteiger partial charge is 0.756 e. The van der Waals surface area contributed by atoms with Gasteiger partial charge in [0.1, 0.15) is 13.2 Å². The Kier molecular flexibility index (Phi) is 50.1. The highest BCUT2D eigenvalue weighted by atomic mass is 31.2. The lowest BCUT2D eigenvalue weighted by Crippen LogP contribution is -2.45. The third-order valence-electron chi connectivity index (χ3n) is 13.7. The molecule has 404 valence electrons. The number of nitrogens with one attached hydrogen (secondary N) is 1. The van der Waals surface area contributed by atoms with E-state index in [9.17, 15) is 19.4 Å². The first-order valence-corrected chi connectivity index (χ1v) is 31.2. The Morgan fingerprint density at radius 2 is 0.809 bits per heavy atom. The van der Waals surface area contributed by atoms with Crippen molar-refractivity contribution in [3.63, 3.8) is 0 Å². The number of carbonyl (C=O) groups excluding carboxylic acids is 1. The van der Waals surface area contributed by atoms with Crippen LogP contribution in [0.1, 0.15) is 296 Å². The van der Waals surface area contributed by atoms with E-state index in [1.807, 2.05) is 27.2 Å². The van der Waals surface area contributed by atoms with Gasteiger partial charge in [0.15, 0.2) is 0 Å². The molecule has 0 aliphatic rings. The number of quaternary nitrogens is 1. The van der Waals surface area contributed by atoms with Crippen LogP contribution in [0.25, 0.3) is 0 Å². The Morgan fingerprint density at radius 3 is 1.15 bits per heavy atom. The standard InChI is InChI=1S/C59H117N2O6P/c1-6-8-10-12-14-16-18-20-21-22-23-24-25-26-27-28-29-30-31-32-33-34-35-36-37-38-39-41-43-45-47-49-51-53-59(63)60-57(56-67-68(64,65)66-55-54-61(3,4)5)58(62)52-50-48-46-44-42-40-19-17-15-13-11-9-7-2/h22-23,50,52,57-58,62H,6-21,24-49,51,53-56H2,1-5H3,(H-,60,63,64,65)/b23-22-,52-50+. The van der Waals surface area contributed by atoms with Gasteiger partial charge in [0.05, 0.1) is 39.9 Å². The summed E-state index contributed by atoms with van der Waals surface area (Å²) in [6.45, 7) is 4.67. The molecule has 68 heavy (non-hydrogen) atoms. The average Bonchev–Trinajstić information content (AvgIpc) is 3.30. The van der Waals surface area contributed by atoms with E-state index in [0.717, 1.165) is 38.5 Å². The van der Waals surface area contributed by atoms with Crippen LogP contribution in [0.4, 0.5) is 0 Å². The maximum Gasteiger partial charge on any atom is 0.268 e. The summed E-state index contributed by atoms with van der Waals surface area (Å²) in [7, 11) is 1.27. The Bertz CT molecular complexity index is 1160. The van der Waals surface area contributed by atoms with E-state index in [4.69, 9.17) is 9.05 Å². The zero-order valence-corrected chi connectivity index (χ0v) is 47.0. The van der Waals surface area contributed by atoms with Crippen molar-refractivity contribution < 1.29 is 32.9 Å². The monoisotopic (exact) mass is 981 g/mol. The summed E-state index contributed by atoms with van der Waals surface area (Å²) in [6, 6.07) is -0.882. The number of amides is 1. The SMILES string of the molecule is CCCCCCCCCC/C=C\CCCCCCCCCCCCCCCCCCCCCCCC(=O)NC(COP(=O)([O-])OCC[N+](C)(C)C)C(O)/C=C/CCCCCCCCCCCCC. The molecule has 0 radical (unpaired) electrons. The van der Waals surface area contributed by atoms with Crippen LogP contribution >= 0.6 is 7.82 Å². The molecule has 0 aromatic rings. The summed E-state index contributed by atoms with van der Waals surface area (Å²) in [6.07, 6.45) is 64.2. The number of likely N-dealkylation sites (N-methyl/N-ethyl adjacent to an activating group) is 1. The lowest BCUT2D eigenvalue weighted by Gasteiger charge is -2.29. The summed E-state index contributed by atoms with van der Waals surface area (Å²) in [5, 5.41) is 13.8. The van der Waals surface area contributed by atoms with Gasteiger partial charge in [-0.05, 0) is 44.9 Å². The molecule has 0 fully saturated rings. The van der Waals surface area contributed by atoms with E-state index in [0.29, 0.717) is 17.4 Å². The molecule has 2 N–H and O–H groups in total. The van der Waals surface area contributed by atoms with Gasteiger partial charge < -0.3 is 28.8 Å². The van der Waals surface area contributed by atoms with E-state index in [1.54, 1.807) is 6.08 Å². The first kappa shape index (κ1) is 67.0. The fourth-order valence-corrected chi connectivity index (χ4v) is 9.70. The van der Waals surface area contributed by atoms with Crippen LogP contribution in [-0.4, -0.2) is 68.5 Å².